The number of nitrogens with zero attached hydrogens (tertiary/aromatic N) is 6. The van der Waals surface area contributed by atoms with Crippen molar-refractivity contribution in [2.24, 2.45) is 0 Å². The van der Waals surface area contributed by atoms with Gasteiger partial charge < -0.3 is 23.9 Å². The second kappa shape index (κ2) is 10.9. The maximum Gasteiger partial charge on any atom is 0.354 e. The lowest BCUT2D eigenvalue weighted by Gasteiger charge is -2.27. The second-order valence-corrected chi connectivity index (χ2v) is 9.45. The average molecular weight is 565 g/mol. The van der Waals surface area contributed by atoms with Gasteiger partial charge in [-0.15, -0.1) is 5.10 Å². The van der Waals surface area contributed by atoms with E-state index in [1.807, 2.05) is 4.57 Å². The first kappa shape index (κ1) is 25.7. The Balaban J connectivity index is 1.16. The van der Waals surface area contributed by atoms with Crippen LogP contribution in [0.5, 0.6) is 11.8 Å². The smallest absolute Gasteiger partial charge is 0.354 e. The van der Waals surface area contributed by atoms with E-state index in [1.165, 1.54) is 16.8 Å². The highest BCUT2D eigenvalue weighted by Gasteiger charge is 2.23. The molecule has 1 aliphatic rings. The number of ether oxygens (including phenoxy) is 3. The minimum atomic E-state index is -1.11. The number of pyridine rings is 2. The first-order chi connectivity index (χ1) is 19.4. The number of fused-ring (bicyclic) bond motifs is 1. The van der Waals surface area contributed by atoms with Gasteiger partial charge in [0.15, 0.2) is 17.2 Å². The van der Waals surface area contributed by atoms with E-state index in [0.29, 0.717) is 58.3 Å². The van der Waals surface area contributed by atoms with E-state index >= 15 is 0 Å². The van der Waals surface area contributed by atoms with Gasteiger partial charge >= 0.3 is 5.97 Å². The summed E-state index contributed by atoms with van der Waals surface area (Å²) >= 11 is 5.81. The molecule has 1 unspecified atom stereocenters. The van der Waals surface area contributed by atoms with E-state index in [1.54, 1.807) is 48.7 Å². The van der Waals surface area contributed by atoms with Crippen LogP contribution in [0.4, 0.5) is 4.39 Å². The fraction of sp³-hybridized carbons (Fsp3) is 0.222. The molecule has 40 heavy (non-hydrogen) atoms. The van der Waals surface area contributed by atoms with Crippen LogP contribution in [0.3, 0.4) is 0 Å². The molecule has 11 nitrogen and oxygen atoms in total. The summed E-state index contributed by atoms with van der Waals surface area (Å²) in [5.74, 6) is 0.100. The summed E-state index contributed by atoms with van der Waals surface area (Å²) in [7, 11) is 0. The van der Waals surface area contributed by atoms with Crippen LogP contribution in [0.25, 0.3) is 17.0 Å². The third kappa shape index (κ3) is 5.44. The van der Waals surface area contributed by atoms with Crippen LogP contribution in [-0.2, 0) is 24.5 Å². The van der Waals surface area contributed by atoms with E-state index in [0.717, 1.165) is 6.42 Å². The Morgan fingerprint density at radius 1 is 1.07 bits per heavy atom. The molecule has 5 heterocycles. The Kier molecular flexibility index (Phi) is 7.01. The van der Waals surface area contributed by atoms with Gasteiger partial charge in [0.05, 0.1) is 12.6 Å². The number of aromatic carboxylic acids is 1. The number of carboxylic acids is 1. The summed E-state index contributed by atoms with van der Waals surface area (Å²) in [6.07, 6.45) is 2.59. The zero-order chi connectivity index (χ0) is 27.6. The largest absolute Gasteiger partial charge is 0.477 e. The zero-order valence-electron chi connectivity index (χ0n) is 20.9. The van der Waals surface area contributed by atoms with Gasteiger partial charge in [-0.1, -0.05) is 23.7 Å². The fourth-order valence-corrected chi connectivity index (χ4v) is 4.31. The van der Waals surface area contributed by atoms with Crippen molar-refractivity contribution in [3.8, 4) is 17.6 Å². The molecule has 1 fully saturated rings. The summed E-state index contributed by atoms with van der Waals surface area (Å²) < 4.78 is 34.6. The average Bonchev–Trinajstić information content (AvgIpc) is 3.53. The maximum atomic E-state index is 14.1. The van der Waals surface area contributed by atoms with Crippen LogP contribution in [0.2, 0.25) is 5.02 Å². The van der Waals surface area contributed by atoms with Gasteiger partial charge in [0.2, 0.25) is 11.8 Å². The van der Waals surface area contributed by atoms with E-state index in [2.05, 4.69) is 20.1 Å². The van der Waals surface area contributed by atoms with Crippen LogP contribution < -0.4 is 9.47 Å². The quantitative estimate of drug-likeness (QED) is 0.262. The van der Waals surface area contributed by atoms with Crippen molar-refractivity contribution in [1.29, 1.82) is 0 Å². The number of carboxylic acid groups (broad SMARTS) is 1. The molecule has 0 saturated carbocycles. The van der Waals surface area contributed by atoms with Crippen molar-refractivity contribution < 1.29 is 28.5 Å². The van der Waals surface area contributed by atoms with E-state index in [9.17, 15) is 14.3 Å². The van der Waals surface area contributed by atoms with Gasteiger partial charge in [0, 0.05) is 35.5 Å². The Hall–Kier alpha value is -4.55. The molecule has 0 spiro atoms. The van der Waals surface area contributed by atoms with Gasteiger partial charge in [-0.2, -0.15) is 4.98 Å². The highest BCUT2D eigenvalue weighted by molar-refractivity contribution is 6.30. The zero-order valence-corrected chi connectivity index (χ0v) is 21.7. The molecule has 0 aliphatic carbocycles. The highest BCUT2D eigenvalue weighted by atomic mass is 35.5. The molecular weight excluding hydrogens is 543 g/mol. The Morgan fingerprint density at radius 3 is 2.70 bits per heavy atom. The predicted molar refractivity (Wildman–Crippen MR) is 140 cm³/mol. The van der Waals surface area contributed by atoms with Gasteiger partial charge in [-0.05, 0) is 36.8 Å². The molecule has 0 radical (unpaired) electrons. The highest BCUT2D eigenvalue weighted by Crippen LogP contribution is 2.22. The van der Waals surface area contributed by atoms with Crippen molar-refractivity contribution in [3.05, 3.63) is 88.7 Å². The maximum absolute atomic E-state index is 14.1. The number of hydrogen-bond acceptors (Lipinski definition) is 8. The van der Waals surface area contributed by atoms with Crippen LogP contribution in [0.15, 0.2) is 60.8 Å². The van der Waals surface area contributed by atoms with Crippen molar-refractivity contribution in [2.45, 2.75) is 32.3 Å². The lowest BCUT2D eigenvalue weighted by Crippen LogP contribution is -2.32. The molecule has 1 aromatic carbocycles. The SMILES string of the molecule is O=C(O)c1ccc2nc(COc3ccn(-c4cccc(OCc5ccc(Cl)cc5F)n4)n3)n(CC3CCO3)c2n1. The number of benzene rings is 1. The Morgan fingerprint density at radius 2 is 1.93 bits per heavy atom. The fourth-order valence-electron chi connectivity index (χ4n) is 4.15. The third-order valence-corrected chi connectivity index (χ3v) is 6.55. The normalized spacial score (nSPS) is 14.7. The Bertz CT molecular complexity index is 1700. The van der Waals surface area contributed by atoms with Crippen LogP contribution >= 0.6 is 11.6 Å². The molecule has 1 N–H and O–H groups in total. The Labute approximate surface area is 231 Å². The predicted octanol–water partition coefficient (Wildman–Crippen LogP) is 4.45. The number of hydrogen-bond donors (Lipinski definition) is 1. The van der Waals surface area contributed by atoms with E-state index in [4.69, 9.17) is 25.8 Å². The van der Waals surface area contributed by atoms with E-state index in [-0.39, 0.29) is 25.0 Å². The molecule has 0 amide bonds. The number of carbonyl (C=O) groups is 1. The molecule has 1 saturated heterocycles. The van der Waals surface area contributed by atoms with Crippen molar-refractivity contribution in [1.82, 2.24) is 29.3 Å². The van der Waals surface area contributed by atoms with Gasteiger partial charge in [0.1, 0.15) is 30.4 Å². The number of rotatable bonds is 10. The number of aromatic nitrogens is 6. The third-order valence-electron chi connectivity index (χ3n) is 6.32. The van der Waals surface area contributed by atoms with Crippen LogP contribution in [-0.4, -0.2) is 53.1 Å². The molecule has 5 aromatic rings. The van der Waals surface area contributed by atoms with E-state index < -0.39 is 11.8 Å². The standard InChI is InChI=1S/C27H22ClFN6O5/c28-17-5-4-16(19(29)12-17)14-39-24-3-1-2-22(32-24)35-10-8-25(33-35)40-15-23-30-20-6-7-21(27(36)37)31-26(20)34(23)13-18-9-11-38-18/h1-8,10,12,18H,9,11,13-15H2,(H,36,37). The van der Waals surface area contributed by atoms with Gasteiger partial charge in [-0.25, -0.2) is 23.8 Å². The minimum Gasteiger partial charge on any atom is -0.477 e. The first-order valence-corrected chi connectivity index (χ1v) is 12.7. The molecule has 1 aliphatic heterocycles. The van der Waals surface area contributed by atoms with Gasteiger partial charge in [0.25, 0.3) is 0 Å². The van der Waals surface area contributed by atoms with Crippen molar-refractivity contribution in [2.75, 3.05) is 6.61 Å². The van der Waals surface area contributed by atoms with Crippen LogP contribution in [0, 0.1) is 5.82 Å². The second-order valence-electron chi connectivity index (χ2n) is 9.01. The molecule has 204 valence electrons. The molecule has 4 aromatic heterocycles. The van der Waals surface area contributed by atoms with Crippen LogP contribution in [0.1, 0.15) is 28.3 Å². The molecule has 0 bridgehead atoms. The molecule has 6 rings (SSSR count). The summed E-state index contributed by atoms with van der Waals surface area (Å²) in [6, 6.07) is 14.3. The molecular formula is C27H22ClFN6O5. The first-order valence-electron chi connectivity index (χ1n) is 12.4. The van der Waals surface area contributed by atoms with Crippen molar-refractivity contribution in [3.63, 3.8) is 0 Å². The lowest BCUT2D eigenvalue weighted by molar-refractivity contribution is -0.0593. The minimum absolute atomic E-state index is 0.00222. The summed E-state index contributed by atoms with van der Waals surface area (Å²) in [6.45, 7) is 1.23. The molecule has 13 heteroatoms. The van der Waals surface area contributed by atoms with Crippen molar-refractivity contribution >= 4 is 28.7 Å². The topological polar surface area (TPSA) is 126 Å². The lowest BCUT2D eigenvalue weighted by atomic mass is 10.2. The number of imidazole rings is 1. The molecule has 1 atom stereocenters. The number of halogens is 2. The van der Waals surface area contributed by atoms with Gasteiger partial charge in [-0.3, -0.25) is 0 Å². The summed E-state index contributed by atoms with van der Waals surface area (Å²) in [4.78, 5) is 24.8. The monoisotopic (exact) mass is 564 g/mol. The summed E-state index contributed by atoms with van der Waals surface area (Å²) in [5.41, 5.74) is 1.31. The summed E-state index contributed by atoms with van der Waals surface area (Å²) in [5, 5.41) is 14.1.